The summed E-state index contributed by atoms with van der Waals surface area (Å²) in [5, 5.41) is 2.61. The molecule has 1 spiro atoms. The van der Waals surface area contributed by atoms with Crippen LogP contribution in [0.2, 0.25) is 0 Å². The van der Waals surface area contributed by atoms with Crippen LogP contribution in [0.4, 0.5) is 8.78 Å². The summed E-state index contributed by atoms with van der Waals surface area (Å²) in [6, 6.07) is 3.89. The van der Waals surface area contributed by atoms with Crippen molar-refractivity contribution in [1.82, 2.24) is 10.2 Å². The number of halogens is 2. The van der Waals surface area contributed by atoms with Crippen LogP contribution in [0, 0.1) is 11.6 Å². The van der Waals surface area contributed by atoms with Gasteiger partial charge in [0.25, 0.3) is 0 Å². The Kier molecular flexibility index (Phi) is 3.39. The van der Waals surface area contributed by atoms with E-state index in [0.717, 1.165) is 18.9 Å². The number of piperazine rings is 1. The Hall–Kier alpha value is -1.98. The minimum absolute atomic E-state index is 0.0736. The van der Waals surface area contributed by atoms with Crippen LogP contribution in [0.5, 0.6) is 0 Å². The predicted octanol–water partition coefficient (Wildman–Crippen LogP) is 1.74. The fourth-order valence-electron chi connectivity index (χ4n) is 3.31. The first-order valence-corrected chi connectivity index (χ1v) is 7.06. The van der Waals surface area contributed by atoms with Crippen molar-refractivity contribution in [2.24, 2.45) is 0 Å². The molecule has 3 rings (SSSR count). The van der Waals surface area contributed by atoms with Crippen molar-refractivity contribution in [3.63, 3.8) is 0 Å². The van der Waals surface area contributed by atoms with Gasteiger partial charge < -0.3 is 10.2 Å². The Morgan fingerprint density at radius 3 is 2.62 bits per heavy atom. The normalized spacial score (nSPS) is 21.0. The smallest absolute Gasteiger partial charge is 0.246 e. The number of hydrogen-bond donors (Lipinski definition) is 1. The van der Waals surface area contributed by atoms with Crippen molar-refractivity contribution >= 4 is 11.8 Å². The standard InChI is InChI=1S/C15H16F2N2O2/c16-11-5-3-4-10(13(11)17)9-19-12(20)8-18-14(21)15(19)6-1-2-7-15/h3-5H,1-2,6-9H2,(H,18,21). The van der Waals surface area contributed by atoms with E-state index in [-0.39, 0.29) is 30.5 Å². The zero-order chi connectivity index (χ0) is 15.0. The summed E-state index contributed by atoms with van der Waals surface area (Å²) in [6.45, 7) is -0.159. The molecule has 1 aromatic rings. The minimum atomic E-state index is -0.954. The highest BCUT2D eigenvalue weighted by Crippen LogP contribution is 2.38. The lowest BCUT2D eigenvalue weighted by molar-refractivity contribution is -0.154. The van der Waals surface area contributed by atoms with E-state index in [4.69, 9.17) is 0 Å². The van der Waals surface area contributed by atoms with Crippen molar-refractivity contribution in [3.05, 3.63) is 35.4 Å². The highest BCUT2D eigenvalue weighted by molar-refractivity contribution is 5.98. The second-order valence-electron chi connectivity index (χ2n) is 5.61. The Morgan fingerprint density at radius 2 is 1.90 bits per heavy atom. The molecule has 1 aliphatic carbocycles. The topological polar surface area (TPSA) is 49.4 Å². The maximum atomic E-state index is 13.8. The Bertz CT molecular complexity index is 597. The number of carbonyl (C=O) groups is 2. The van der Waals surface area contributed by atoms with Crippen molar-refractivity contribution in [3.8, 4) is 0 Å². The van der Waals surface area contributed by atoms with Gasteiger partial charge in [-0.3, -0.25) is 9.59 Å². The lowest BCUT2D eigenvalue weighted by Crippen LogP contribution is -2.65. The summed E-state index contributed by atoms with van der Waals surface area (Å²) < 4.78 is 27.2. The van der Waals surface area contributed by atoms with E-state index in [9.17, 15) is 18.4 Å². The van der Waals surface area contributed by atoms with E-state index in [1.807, 2.05) is 0 Å². The SMILES string of the molecule is O=C1CNC(=O)C2(CCCC2)N1Cc1cccc(F)c1F. The molecule has 2 aliphatic rings. The average molecular weight is 294 g/mol. The molecule has 6 heteroatoms. The van der Waals surface area contributed by atoms with E-state index >= 15 is 0 Å². The summed E-state index contributed by atoms with van der Waals surface area (Å²) >= 11 is 0. The third kappa shape index (κ3) is 2.18. The Balaban J connectivity index is 1.95. The van der Waals surface area contributed by atoms with Gasteiger partial charge in [-0.2, -0.15) is 0 Å². The van der Waals surface area contributed by atoms with Gasteiger partial charge in [0.2, 0.25) is 11.8 Å². The molecule has 0 aromatic heterocycles. The van der Waals surface area contributed by atoms with Crippen LogP contribution in [0.3, 0.4) is 0 Å². The molecule has 4 nitrogen and oxygen atoms in total. The molecule has 1 aromatic carbocycles. The molecule has 112 valence electrons. The number of hydrogen-bond acceptors (Lipinski definition) is 2. The number of amides is 2. The molecule has 2 fully saturated rings. The molecule has 1 saturated heterocycles. The molecule has 1 heterocycles. The van der Waals surface area contributed by atoms with E-state index in [0.29, 0.717) is 12.8 Å². The molecule has 0 unspecified atom stereocenters. The van der Waals surface area contributed by atoms with Crippen molar-refractivity contribution in [2.75, 3.05) is 6.54 Å². The largest absolute Gasteiger partial charge is 0.345 e. The summed E-state index contributed by atoms with van der Waals surface area (Å²) in [5.74, 6) is -2.33. The molecule has 0 bridgehead atoms. The third-order valence-corrected chi connectivity index (χ3v) is 4.43. The molecule has 21 heavy (non-hydrogen) atoms. The quantitative estimate of drug-likeness (QED) is 0.903. The van der Waals surface area contributed by atoms with E-state index < -0.39 is 17.2 Å². The molecular weight excluding hydrogens is 278 g/mol. The second-order valence-corrected chi connectivity index (χ2v) is 5.61. The zero-order valence-corrected chi connectivity index (χ0v) is 11.5. The van der Waals surface area contributed by atoms with Crippen molar-refractivity contribution in [1.29, 1.82) is 0 Å². The first-order valence-electron chi connectivity index (χ1n) is 7.06. The summed E-state index contributed by atoms with van der Waals surface area (Å²) in [5.41, 5.74) is -0.794. The first-order chi connectivity index (χ1) is 10.0. The van der Waals surface area contributed by atoms with Crippen LogP contribution in [0.15, 0.2) is 18.2 Å². The number of nitrogens with zero attached hydrogens (tertiary/aromatic N) is 1. The lowest BCUT2D eigenvalue weighted by Gasteiger charge is -2.43. The molecular formula is C15H16F2N2O2. The van der Waals surface area contributed by atoms with Crippen LogP contribution >= 0.6 is 0 Å². The maximum Gasteiger partial charge on any atom is 0.246 e. The van der Waals surface area contributed by atoms with E-state index in [2.05, 4.69) is 5.32 Å². The summed E-state index contributed by atoms with van der Waals surface area (Å²) in [4.78, 5) is 25.9. The summed E-state index contributed by atoms with van der Waals surface area (Å²) in [7, 11) is 0. The number of benzene rings is 1. The second kappa shape index (κ2) is 5.09. The van der Waals surface area contributed by atoms with Gasteiger partial charge in [0.1, 0.15) is 5.54 Å². The lowest BCUT2D eigenvalue weighted by atomic mass is 9.90. The van der Waals surface area contributed by atoms with E-state index in [1.165, 1.54) is 17.0 Å². The third-order valence-electron chi connectivity index (χ3n) is 4.43. The van der Waals surface area contributed by atoms with Gasteiger partial charge in [-0.1, -0.05) is 25.0 Å². The van der Waals surface area contributed by atoms with Gasteiger partial charge in [0, 0.05) is 12.1 Å². The fraction of sp³-hybridized carbons (Fsp3) is 0.467. The van der Waals surface area contributed by atoms with Gasteiger partial charge in [-0.25, -0.2) is 8.78 Å². The molecule has 2 amide bonds. The van der Waals surface area contributed by atoms with Crippen LogP contribution in [-0.2, 0) is 16.1 Å². The molecule has 1 N–H and O–H groups in total. The molecule has 0 atom stereocenters. The summed E-state index contributed by atoms with van der Waals surface area (Å²) in [6.07, 6.45) is 2.84. The highest BCUT2D eigenvalue weighted by Gasteiger charge is 2.50. The number of carbonyl (C=O) groups excluding carboxylic acids is 2. The molecule has 1 saturated carbocycles. The van der Waals surface area contributed by atoms with Gasteiger partial charge in [-0.15, -0.1) is 0 Å². The number of rotatable bonds is 2. The Labute approximate surface area is 121 Å². The highest BCUT2D eigenvalue weighted by atomic mass is 19.2. The Morgan fingerprint density at radius 1 is 1.19 bits per heavy atom. The van der Waals surface area contributed by atoms with Crippen molar-refractivity contribution < 1.29 is 18.4 Å². The average Bonchev–Trinajstić information content (AvgIpc) is 2.95. The fourth-order valence-corrected chi connectivity index (χ4v) is 3.31. The number of nitrogens with one attached hydrogen (secondary N) is 1. The monoisotopic (exact) mass is 294 g/mol. The zero-order valence-electron chi connectivity index (χ0n) is 11.5. The van der Waals surface area contributed by atoms with Crippen LogP contribution in [0.25, 0.3) is 0 Å². The van der Waals surface area contributed by atoms with Gasteiger partial charge >= 0.3 is 0 Å². The minimum Gasteiger partial charge on any atom is -0.345 e. The van der Waals surface area contributed by atoms with Gasteiger partial charge in [0.05, 0.1) is 6.54 Å². The first kappa shape index (κ1) is 14.0. The van der Waals surface area contributed by atoms with Crippen LogP contribution in [-0.4, -0.2) is 28.8 Å². The van der Waals surface area contributed by atoms with Gasteiger partial charge in [0.15, 0.2) is 11.6 Å². The van der Waals surface area contributed by atoms with Gasteiger partial charge in [-0.05, 0) is 18.9 Å². The van der Waals surface area contributed by atoms with Crippen LogP contribution in [0.1, 0.15) is 31.2 Å². The molecule has 0 radical (unpaired) electrons. The van der Waals surface area contributed by atoms with E-state index in [1.54, 1.807) is 0 Å². The van der Waals surface area contributed by atoms with Crippen molar-refractivity contribution in [2.45, 2.75) is 37.8 Å². The molecule has 1 aliphatic heterocycles. The maximum absolute atomic E-state index is 13.8. The van der Waals surface area contributed by atoms with Crippen LogP contribution < -0.4 is 5.32 Å². The predicted molar refractivity (Wildman–Crippen MR) is 71.1 cm³/mol.